The molecule has 1 atom stereocenters. The number of carbonyl (C=O) groups is 1. The quantitative estimate of drug-likeness (QED) is 0.679. The van der Waals surface area contributed by atoms with Gasteiger partial charge in [0.05, 0.1) is 19.2 Å². The van der Waals surface area contributed by atoms with Crippen LogP contribution in [-0.2, 0) is 6.54 Å². The van der Waals surface area contributed by atoms with Gasteiger partial charge in [-0.15, -0.1) is 0 Å². The summed E-state index contributed by atoms with van der Waals surface area (Å²) in [5.41, 5.74) is 3.25. The minimum Gasteiger partial charge on any atom is -0.497 e. The minimum atomic E-state index is -0.0872. The van der Waals surface area contributed by atoms with Crippen molar-refractivity contribution in [2.24, 2.45) is 0 Å². The van der Waals surface area contributed by atoms with E-state index >= 15 is 0 Å². The summed E-state index contributed by atoms with van der Waals surface area (Å²) in [6.45, 7) is 2.42. The Labute approximate surface area is 170 Å². The molecular formula is C23H26N4O2. The number of benzene rings is 2. The number of hydrogen-bond acceptors (Lipinski definition) is 4. The molecular weight excluding hydrogens is 364 g/mol. The van der Waals surface area contributed by atoms with Crippen molar-refractivity contribution in [3.63, 3.8) is 0 Å². The average molecular weight is 390 g/mol. The highest BCUT2D eigenvalue weighted by Gasteiger charge is 2.22. The van der Waals surface area contributed by atoms with Gasteiger partial charge in [0, 0.05) is 24.3 Å². The molecule has 1 aromatic heterocycles. The Bertz CT molecular complexity index is 962. The van der Waals surface area contributed by atoms with Crippen molar-refractivity contribution < 1.29 is 9.53 Å². The molecule has 2 heterocycles. The lowest BCUT2D eigenvalue weighted by Gasteiger charge is -2.23. The molecule has 6 heteroatoms. The van der Waals surface area contributed by atoms with Gasteiger partial charge in [-0.3, -0.25) is 9.48 Å². The Kier molecular flexibility index (Phi) is 5.91. The summed E-state index contributed by atoms with van der Waals surface area (Å²) in [7, 11) is 1.64. The van der Waals surface area contributed by atoms with E-state index in [1.54, 1.807) is 7.11 Å². The van der Waals surface area contributed by atoms with Crippen LogP contribution in [0.3, 0.4) is 0 Å². The van der Waals surface area contributed by atoms with Gasteiger partial charge in [-0.05, 0) is 37.1 Å². The number of methoxy groups -OCH3 is 1. The molecule has 0 aliphatic carbocycles. The zero-order chi connectivity index (χ0) is 20.1. The van der Waals surface area contributed by atoms with E-state index in [1.165, 1.54) is 0 Å². The van der Waals surface area contributed by atoms with Crippen LogP contribution in [0.1, 0.15) is 28.8 Å². The van der Waals surface area contributed by atoms with Crippen molar-refractivity contribution in [2.75, 3.05) is 20.2 Å². The molecule has 4 rings (SSSR count). The number of nitrogens with zero attached hydrogens (tertiary/aromatic N) is 2. The maximum atomic E-state index is 13.1. The second-order valence-electron chi connectivity index (χ2n) is 7.32. The molecule has 6 nitrogen and oxygen atoms in total. The summed E-state index contributed by atoms with van der Waals surface area (Å²) in [6, 6.07) is 17.9. The van der Waals surface area contributed by atoms with Crippen LogP contribution in [0.2, 0.25) is 0 Å². The third-order valence-corrected chi connectivity index (χ3v) is 5.17. The standard InChI is InChI=1S/C23H26N4O2/c1-29-20-11-5-9-18(13-20)22-21(23(28)25-19-10-6-12-24-14-19)16-27(26-22)15-17-7-3-2-4-8-17/h2-5,7-9,11,13,16,19,24H,6,10,12,14-15H2,1H3,(H,25,28)/t19-/m0/s1. The highest BCUT2D eigenvalue weighted by atomic mass is 16.5. The number of rotatable bonds is 6. The number of nitrogens with one attached hydrogen (secondary N) is 2. The van der Waals surface area contributed by atoms with Crippen LogP contribution in [0.5, 0.6) is 5.75 Å². The van der Waals surface area contributed by atoms with Gasteiger partial charge in [0.15, 0.2) is 0 Å². The summed E-state index contributed by atoms with van der Waals surface area (Å²) < 4.78 is 7.19. The van der Waals surface area contributed by atoms with Gasteiger partial charge in [-0.1, -0.05) is 42.5 Å². The number of ether oxygens (including phenoxy) is 1. The lowest BCUT2D eigenvalue weighted by molar-refractivity contribution is 0.0931. The van der Waals surface area contributed by atoms with E-state index in [9.17, 15) is 4.79 Å². The summed E-state index contributed by atoms with van der Waals surface area (Å²) in [4.78, 5) is 13.1. The first kappa shape index (κ1) is 19.2. The molecule has 1 aliphatic heterocycles. The van der Waals surface area contributed by atoms with Gasteiger partial charge in [0.1, 0.15) is 11.4 Å². The molecule has 3 aromatic rings. The molecule has 0 unspecified atom stereocenters. The Morgan fingerprint density at radius 3 is 2.86 bits per heavy atom. The fourth-order valence-corrected chi connectivity index (χ4v) is 3.66. The zero-order valence-corrected chi connectivity index (χ0v) is 16.6. The lowest BCUT2D eigenvalue weighted by atomic mass is 10.0. The summed E-state index contributed by atoms with van der Waals surface area (Å²) in [6.07, 6.45) is 3.90. The third-order valence-electron chi connectivity index (χ3n) is 5.17. The topological polar surface area (TPSA) is 68.2 Å². The maximum absolute atomic E-state index is 13.1. The summed E-state index contributed by atoms with van der Waals surface area (Å²) >= 11 is 0. The highest BCUT2D eigenvalue weighted by molar-refractivity contribution is 6.00. The molecule has 29 heavy (non-hydrogen) atoms. The van der Waals surface area contributed by atoms with Gasteiger partial charge in [-0.2, -0.15) is 5.10 Å². The molecule has 1 saturated heterocycles. The molecule has 1 fully saturated rings. The Morgan fingerprint density at radius 1 is 1.24 bits per heavy atom. The molecule has 0 bridgehead atoms. The van der Waals surface area contributed by atoms with Crippen LogP contribution in [0.25, 0.3) is 11.3 Å². The number of aromatic nitrogens is 2. The van der Waals surface area contributed by atoms with E-state index in [4.69, 9.17) is 9.84 Å². The number of piperidine rings is 1. The van der Waals surface area contributed by atoms with Crippen LogP contribution in [0.4, 0.5) is 0 Å². The SMILES string of the molecule is COc1cccc(-c2nn(Cc3ccccc3)cc2C(=O)N[C@H]2CCCNC2)c1. The van der Waals surface area contributed by atoms with Gasteiger partial charge in [-0.25, -0.2) is 0 Å². The summed E-state index contributed by atoms with van der Waals surface area (Å²) in [5.74, 6) is 0.652. The first-order chi connectivity index (χ1) is 14.2. The Hall–Kier alpha value is -3.12. The van der Waals surface area contributed by atoms with Crippen LogP contribution < -0.4 is 15.4 Å². The van der Waals surface area contributed by atoms with Crippen LogP contribution in [0.15, 0.2) is 60.8 Å². The molecule has 1 amide bonds. The van der Waals surface area contributed by atoms with Gasteiger partial charge in [0.25, 0.3) is 5.91 Å². The van der Waals surface area contributed by atoms with Gasteiger partial charge >= 0.3 is 0 Å². The monoisotopic (exact) mass is 390 g/mol. The van der Waals surface area contributed by atoms with E-state index in [0.29, 0.717) is 17.8 Å². The summed E-state index contributed by atoms with van der Waals surface area (Å²) in [5, 5.41) is 11.3. The van der Waals surface area contributed by atoms with Crippen molar-refractivity contribution in [3.05, 3.63) is 71.9 Å². The number of carbonyl (C=O) groups excluding carboxylic acids is 1. The lowest BCUT2D eigenvalue weighted by Crippen LogP contribution is -2.45. The molecule has 0 spiro atoms. The van der Waals surface area contributed by atoms with E-state index in [2.05, 4.69) is 22.8 Å². The fraction of sp³-hybridized carbons (Fsp3) is 0.304. The van der Waals surface area contributed by atoms with Crippen molar-refractivity contribution in [3.8, 4) is 17.0 Å². The van der Waals surface area contributed by atoms with Crippen LogP contribution in [0, 0.1) is 0 Å². The molecule has 0 saturated carbocycles. The maximum Gasteiger partial charge on any atom is 0.255 e. The Morgan fingerprint density at radius 2 is 2.10 bits per heavy atom. The molecule has 1 aliphatic rings. The van der Waals surface area contributed by atoms with Crippen LogP contribution >= 0.6 is 0 Å². The first-order valence-electron chi connectivity index (χ1n) is 10.0. The highest BCUT2D eigenvalue weighted by Crippen LogP contribution is 2.26. The van der Waals surface area contributed by atoms with Crippen molar-refractivity contribution in [2.45, 2.75) is 25.4 Å². The minimum absolute atomic E-state index is 0.0872. The van der Waals surface area contributed by atoms with E-state index in [1.807, 2.05) is 53.3 Å². The van der Waals surface area contributed by atoms with Crippen molar-refractivity contribution in [1.29, 1.82) is 0 Å². The van der Waals surface area contributed by atoms with Gasteiger partial charge < -0.3 is 15.4 Å². The first-order valence-corrected chi connectivity index (χ1v) is 10.0. The second kappa shape index (κ2) is 8.92. The Balaban J connectivity index is 1.65. The van der Waals surface area contributed by atoms with Crippen molar-refractivity contribution in [1.82, 2.24) is 20.4 Å². The average Bonchev–Trinajstić information content (AvgIpc) is 3.19. The van der Waals surface area contributed by atoms with E-state index < -0.39 is 0 Å². The molecule has 150 valence electrons. The fourth-order valence-electron chi connectivity index (χ4n) is 3.66. The normalized spacial score (nSPS) is 16.4. The molecule has 2 aromatic carbocycles. The van der Waals surface area contributed by atoms with Crippen molar-refractivity contribution >= 4 is 5.91 Å². The molecule has 0 radical (unpaired) electrons. The third kappa shape index (κ3) is 4.66. The number of amides is 1. The predicted octanol–water partition coefficient (Wildman–Crippen LogP) is 3.09. The van der Waals surface area contributed by atoms with E-state index in [0.717, 1.165) is 42.8 Å². The molecule has 2 N–H and O–H groups in total. The largest absolute Gasteiger partial charge is 0.497 e. The van der Waals surface area contributed by atoms with Crippen LogP contribution in [-0.4, -0.2) is 41.9 Å². The number of hydrogen-bond donors (Lipinski definition) is 2. The second-order valence-corrected chi connectivity index (χ2v) is 7.32. The van der Waals surface area contributed by atoms with E-state index in [-0.39, 0.29) is 11.9 Å². The zero-order valence-electron chi connectivity index (χ0n) is 16.6. The predicted molar refractivity (Wildman–Crippen MR) is 113 cm³/mol. The smallest absolute Gasteiger partial charge is 0.255 e. The van der Waals surface area contributed by atoms with Gasteiger partial charge in [0.2, 0.25) is 0 Å².